The number of hydrogen-bond acceptors (Lipinski definition) is 4. The lowest BCUT2D eigenvalue weighted by Crippen LogP contribution is -2.31. The fraction of sp³-hybridized carbons (Fsp3) is 0.467. The van der Waals surface area contributed by atoms with Crippen molar-refractivity contribution < 1.29 is 4.74 Å². The van der Waals surface area contributed by atoms with Crippen LogP contribution in [0.3, 0.4) is 0 Å². The van der Waals surface area contributed by atoms with Crippen LogP contribution in [0.4, 0.5) is 5.82 Å². The van der Waals surface area contributed by atoms with Crippen LogP contribution in [0.1, 0.15) is 25.7 Å². The third-order valence-electron chi connectivity index (χ3n) is 3.90. The minimum absolute atomic E-state index is 0.351. The van der Waals surface area contributed by atoms with E-state index >= 15 is 0 Å². The predicted molar refractivity (Wildman–Crippen MR) is 81.2 cm³/mol. The number of benzene rings is 1. The number of methoxy groups -OCH3 is 1. The Labute approximate surface area is 123 Å². The van der Waals surface area contributed by atoms with E-state index in [1.807, 2.05) is 18.2 Å². The van der Waals surface area contributed by atoms with Crippen molar-refractivity contribution >= 4 is 28.3 Å². The second-order valence-electron chi connectivity index (χ2n) is 5.25. The van der Waals surface area contributed by atoms with Crippen molar-refractivity contribution in [2.24, 2.45) is 0 Å². The number of nitrogens with one attached hydrogen (secondary N) is 1. The van der Waals surface area contributed by atoms with Gasteiger partial charge in [-0.1, -0.05) is 11.6 Å². The molecule has 1 aromatic carbocycles. The monoisotopic (exact) mass is 291 g/mol. The van der Waals surface area contributed by atoms with Gasteiger partial charge < -0.3 is 10.1 Å². The molecule has 2 atom stereocenters. The van der Waals surface area contributed by atoms with Crippen molar-refractivity contribution in [3.63, 3.8) is 0 Å². The summed E-state index contributed by atoms with van der Waals surface area (Å²) >= 11 is 6.00. The first-order valence-electron chi connectivity index (χ1n) is 6.96. The molecule has 2 aromatic rings. The quantitative estimate of drug-likeness (QED) is 0.937. The number of anilines is 1. The maximum absolute atomic E-state index is 6.00. The molecule has 1 fully saturated rings. The number of hydrogen-bond donors (Lipinski definition) is 1. The highest BCUT2D eigenvalue weighted by atomic mass is 35.5. The van der Waals surface area contributed by atoms with Crippen molar-refractivity contribution in [1.29, 1.82) is 0 Å². The predicted octanol–water partition coefficient (Wildman–Crippen LogP) is 3.65. The number of ether oxygens (including phenoxy) is 1. The molecule has 1 aliphatic rings. The Kier molecular flexibility index (Phi) is 4.03. The summed E-state index contributed by atoms with van der Waals surface area (Å²) in [4.78, 5) is 8.64. The van der Waals surface area contributed by atoms with E-state index in [-0.39, 0.29) is 0 Å². The lowest BCUT2D eigenvalue weighted by atomic mass is 9.93. The average molecular weight is 292 g/mol. The topological polar surface area (TPSA) is 47.0 Å². The van der Waals surface area contributed by atoms with Gasteiger partial charge in [0, 0.05) is 23.6 Å². The Balaban J connectivity index is 1.83. The van der Waals surface area contributed by atoms with Gasteiger partial charge in [0.25, 0.3) is 0 Å². The zero-order chi connectivity index (χ0) is 13.9. The summed E-state index contributed by atoms with van der Waals surface area (Å²) in [5.74, 6) is 0.883. The first-order chi connectivity index (χ1) is 9.76. The molecule has 1 heterocycles. The van der Waals surface area contributed by atoms with E-state index in [4.69, 9.17) is 16.3 Å². The average Bonchev–Trinajstić information content (AvgIpc) is 2.47. The zero-order valence-corrected chi connectivity index (χ0v) is 12.2. The molecule has 0 bridgehead atoms. The van der Waals surface area contributed by atoms with Crippen molar-refractivity contribution in [1.82, 2.24) is 9.97 Å². The van der Waals surface area contributed by atoms with Gasteiger partial charge in [0.2, 0.25) is 0 Å². The molecule has 1 aromatic heterocycles. The first kappa shape index (κ1) is 13.6. The minimum atomic E-state index is 0.351. The van der Waals surface area contributed by atoms with E-state index in [2.05, 4.69) is 15.3 Å². The van der Waals surface area contributed by atoms with E-state index in [1.165, 1.54) is 6.42 Å². The van der Waals surface area contributed by atoms with Crippen LogP contribution in [-0.4, -0.2) is 29.2 Å². The molecule has 0 radical (unpaired) electrons. The number of rotatable bonds is 3. The Bertz CT molecular complexity index is 605. The Morgan fingerprint density at radius 2 is 2.20 bits per heavy atom. The molecule has 106 valence electrons. The molecule has 0 aliphatic heterocycles. The smallest absolute Gasteiger partial charge is 0.137 e. The zero-order valence-electron chi connectivity index (χ0n) is 11.5. The highest BCUT2D eigenvalue weighted by Gasteiger charge is 2.22. The van der Waals surface area contributed by atoms with Crippen LogP contribution in [0.2, 0.25) is 5.02 Å². The van der Waals surface area contributed by atoms with Crippen molar-refractivity contribution in [3.8, 4) is 0 Å². The third kappa shape index (κ3) is 2.86. The van der Waals surface area contributed by atoms with Crippen LogP contribution >= 0.6 is 11.6 Å². The largest absolute Gasteiger partial charge is 0.381 e. The summed E-state index contributed by atoms with van der Waals surface area (Å²) in [5, 5.41) is 5.24. The van der Waals surface area contributed by atoms with Gasteiger partial charge >= 0.3 is 0 Å². The van der Waals surface area contributed by atoms with Gasteiger partial charge in [-0.2, -0.15) is 0 Å². The SMILES string of the molecule is COC1CCCC(Nc2ncnc3cc(Cl)ccc23)C1. The highest BCUT2D eigenvalue weighted by Crippen LogP contribution is 2.27. The Morgan fingerprint density at radius 1 is 1.30 bits per heavy atom. The molecule has 3 rings (SSSR count). The van der Waals surface area contributed by atoms with Gasteiger partial charge in [0.15, 0.2) is 0 Å². The second kappa shape index (κ2) is 5.94. The van der Waals surface area contributed by atoms with Crippen LogP contribution in [0.5, 0.6) is 0 Å². The van der Waals surface area contributed by atoms with Gasteiger partial charge in [0.05, 0.1) is 11.6 Å². The van der Waals surface area contributed by atoms with Crippen molar-refractivity contribution in [2.45, 2.75) is 37.8 Å². The molecule has 1 aliphatic carbocycles. The lowest BCUT2D eigenvalue weighted by molar-refractivity contribution is 0.0669. The molecule has 4 nitrogen and oxygen atoms in total. The number of aromatic nitrogens is 2. The molecule has 1 saturated carbocycles. The number of nitrogens with zero attached hydrogens (tertiary/aromatic N) is 2. The van der Waals surface area contributed by atoms with Crippen molar-refractivity contribution in [2.75, 3.05) is 12.4 Å². The lowest BCUT2D eigenvalue weighted by Gasteiger charge is -2.29. The molecule has 0 spiro atoms. The van der Waals surface area contributed by atoms with Gasteiger partial charge in [-0.3, -0.25) is 0 Å². The van der Waals surface area contributed by atoms with Gasteiger partial charge in [-0.15, -0.1) is 0 Å². The molecular formula is C15H18ClN3O. The normalized spacial score (nSPS) is 22.9. The van der Waals surface area contributed by atoms with Crippen LogP contribution < -0.4 is 5.32 Å². The first-order valence-corrected chi connectivity index (χ1v) is 7.33. The van der Waals surface area contributed by atoms with E-state index in [1.54, 1.807) is 13.4 Å². The van der Waals surface area contributed by atoms with E-state index in [0.29, 0.717) is 17.2 Å². The minimum Gasteiger partial charge on any atom is -0.381 e. The molecule has 0 saturated heterocycles. The molecule has 0 amide bonds. The fourth-order valence-electron chi connectivity index (χ4n) is 2.83. The molecule has 20 heavy (non-hydrogen) atoms. The van der Waals surface area contributed by atoms with Crippen molar-refractivity contribution in [3.05, 3.63) is 29.5 Å². The summed E-state index contributed by atoms with van der Waals surface area (Å²) in [5.41, 5.74) is 0.870. The maximum Gasteiger partial charge on any atom is 0.137 e. The van der Waals surface area contributed by atoms with Crippen LogP contribution in [0.15, 0.2) is 24.5 Å². The summed E-state index contributed by atoms with van der Waals surface area (Å²) < 4.78 is 5.47. The van der Waals surface area contributed by atoms with Crippen LogP contribution in [0.25, 0.3) is 10.9 Å². The van der Waals surface area contributed by atoms with Gasteiger partial charge in [-0.05, 0) is 43.9 Å². The summed E-state index contributed by atoms with van der Waals surface area (Å²) in [7, 11) is 1.79. The van der Waals surface area contributed by atoms with E-state index in [9.17, 15) is 0 Å². The van der Waals surface area contributed by atoms with E-state index < -0.39 is 0 Å². The summed E-state index contributed by atoms with van der Waals surface area (Å²) in [6.45, 7) is 0. The maximum atomic E-state index is 6.00. The summed E-state index contributed by atoms with van der Waals surface area (Å²) in [6.07, 6.45) is 6.44. The second-order valence-corrected chi connectivity index (χ2v) is 5.69. The Hall–Kier alpha value is -1.39. The number of fused-ring (bicyclic) bond motifs is 1. The fourth-order valence-corrected chi connectivity index (χ4v) is 3.00. The van der Waals surface area contributed by atoms with Crippen LogP contribution in [0, 0.1) is 0 Å². The van der Waals surface area contributed by atoms with Gasteiger partial charge in [0.1, 0.15) is 12.1 Å². The van der Waals surface area contributed by atoms with Crippen LogP contribution in [-0.2, 0) is 4.74 Å². The van der Waals surface area contributed by atoms with E-state index in [0.717, 1.165) is 36.0 Å². The molecule has 2 unspecified atom stereocenters. The Morgan fingerprint density at radius 3 is 3.05 bits per heavy atom. The van der Waals surface area contributed by atoms with Gasteiger partial charge in [-0.25, -0.2) is 9.97 Å². The molecule has 1 N–H and O–H groups in total. The number of halogens is 1. The summed E-state index contributed by atoms with van der Waals surface area (Å²) in [6, 6.07) is 6.11. The molecular weight excluding hydrogens is 274 g/mol. The standard InChI is InChI=1S/C15H18ClN3O/c1-20-12-4-2-3-11(8-12)19-15-13-6-5-10(16)7-14(13)17-9-18-15/h5-7,9,11-12H,2-4,8H2,1H3,(H,17,18,19). The highest BCUT2D eigenvalue weighted by molar-refractivity contribution is 6.31. The molecule has 5 heteroatoms. The third-order valence-corrected chi connectivity index (χ3v) is 4.13.